The summed E-state index contributed by atoms with van der Waals surface area (Å²) in [5, 5.41) is 0.824. The monoisotopic (exact) mass is 274 g/mol. The van der Waals surface area contributed by atoms with Gasteiger partial charge < -0.3 is 10.7 Å². The van der Waals surface area contributed by atoms with Crippen LogP contribution < -0.4 is 11.3 Å². The van der Waals surface area contributed by atoms with Crippen molar-refractivity contribution in [2.24, 2.45) is 5.73 Å². The van der Waals surface area contributed by atoms with Gasteiger partial charge in [-0.25, -0.2) is 4.39 Å². The van der Waals surface area contributed by atoms with Gasteiger partial charge in [-0.2, -0.15) is 13.5 Å². The largest absolute Gasteiger partial charge is 0.324 e. The molecular weight excluding hydrogens is 263 g/mol. The third-order valence-electron chi connectivity index (χ3n) is 2.39. The fourth-order valence-electron chi connectivity index (χ4n) is 1.60. The lowest BCUT2D eigenvalue weighted by molar-refractivity contribution is 0.636. The van der Waals surface area contributed by atoms with E-state index in [9.17, 15) is 9.18 Å². The van der Waals surface area contributed by atoms with Gasteiger partial charge >= 0.3 is 0 Å². The summed E-state index contributed by atoms with van der Waals surface area (Å²) in [5.74, 6) is -0.546. The van der Waals surface area contributed by atoms with Crippen LogP contribution in [0.5, 0.6) is 0 Å². The maximum atomic E-state index is 13.5. The van der Waals surface area contributed by atoms with E-state index in [2.05, 4.69) is 4.98 Å². The van der Waals surface area contributed by atoms with Crippen LogP contribution in [0.15, 0.2) is 23.0 Å². The molecule has 2 aromatic rings. The van der Waals surface area contributed by atoms with Crippen LogP contribution in [0.1, 0.15) is 18.5 Å². The average molecular weight is 275 g/mol. The van der Waals surface area contributed by atoms with Crippen molar-refractivity contribution in [3.63, 3.8) is 0 Å². The number of hydrogen-bond acceptors (Lipinski definition) is 2. The van der Waals surface area contributed by atoms with Crippen molar-refractivity contribution in [3.8, 4) is 0 Å². The Morgan fingerprint density at radius 1 is 1.41 bits per heavy atom. The SMILES string of the molecule is C[C@H](N)c1cc2cc(Cl)cc(F)c2[nH]c1=O.S. The number of nitrogens with one attached hydrogen (secondary N) is 1. The standard InChI is InChI=1S/C11H10ClFN2O.H2S/c1-5(14)8-3-6-2-7(12)4-9(13)10(6)15-11(8)16;/h2-5H,14H2,1H3,(H,15,16);1H2/t5-;/m0./s1. The molecule has 1 heterocycles. The van der Waals surface area contributed by atoms with Crippen LogP contribution in [-0.4, -0.2) is 4.98 Å². The zero-order valence-corrected chi connectivity index (χ0v) is 10.8. The van der Waals surface area contributed by atoms with E-state index in [1.54, 1.807) is 19.1 Å². The third kappa shape index (κ3) is 2.62. The third-order valence-corrected chi connectivity index (χ3v) is 2.61. The molecule has 0 radical (unpaired) electrons. The van der Waals surface area contributed by atoms with E-state index in [4.69, 9.17) is 17.3 Å². The number of halogens is 2. The van der Waals surface area contributed by atoms with Crippen LogP contribution in [0.4, 0.5) is 4.39 Å². The number of nitrogens with two attached hydrogens (primary N) is 1. The average Bonchev–Trinajstić information content (AvgIpc) is 2.18. The van der Waals surface area contributed by atoms with E-state index < -0.39 is 11.9 Å². The predicted molar refractivity (Wildman–Crippen MR) is 72.5 cm³/mol. The fraction of sp³-hybridized carbons (Fsp3) is 0.182. The molecule has 3 N–H and O–H groups in total. The van der Waals surface area contributed by atoms with Crippen molar-refractivity contribution < 1.29 is 4.39 Å². The maximum Gasteiger partial charge on any atom is 0.253 e. The number of rotatable bonds is 1. The second-order valence-corrected chi connectivity index (χ2v) is 4.13. The highest BCUT2D eigenvalue weighted by molar-refractivity contribution is 7.59. The Labute approximate surface area is 109 Å². The molecule has 0 aliphatic heterocycles. The van der Waals surface area contributed by atoms with Crippen molar-refractivity contribution in [2.45, 2.75) is 13.0 Å². The van der Waals surface area contributed by atoms with Gasteiger partial charge in [0.15, 0.2) is 0 Å². The first kappa shape index (κ1) is 14.0. The summed E-state index contributed by atoms with van der Waals surface area (Å²) < 4.78 is 13.5. The molecule has 3 nitrogen and oxygen atoms in total. The Hall–Kier alpha value is -1.04. The van der Waals surface area contributed by atoms with Crippen molar-refractivity contribution in [3.05, 3.63) is 45.0 Å². The lowest BCUT2D eigenvalue weighted by atomic mass is 10.1. The molecule has 0 unspecified atom stereocenters. The molecule has 0 aliphatic carbocycles. The van der Waals surface area contributed by atoms with Crippen LogP contribution in [0.2, 0.25) is 5.02 Å². The maximum absolute atomic E-state index is 13.5. The highest BCUT2D eigenvalue weighted by Crippen LogP contribution is 2.21. The van der Waals surface area contributed by atoms with Gasteiger partial charge in [0.25, 0.3) is 5.56 Å². The highest BCUT2D eigenvalue weighted by atomic mass is 35.5. The van der Waals surface area contributed by atoms with Crippen molar-refractivity contribution in [1.82, 2.24) is 4.98 Å². The molecule has 0 saturated carbocycles. The molecule has 1 atom stereocenters. The molecular formula is C11H12ClFN2OS. The van der Waals surface area contributed by atoms with E-state index in [1.165, 1.54) is 0 Å². The Kier molecular flexibility index (Phi) is 4.19. The number of hydrogen-bond donors (Lipinski definition) is 2. The van der Waals surface area contributed by atoms with Gasteiger partial charge in [0.2, 0.25) is 0 Å². The Balaban J connectivity index is 0.00000144. The number of benzene rings is 1. The molecule has 17 heavy (non-hydrogen) atoms. The van der Waals surface area contributed by atoms with Gasteiger partial charge in [0.1, 0.15) is 5.82 Å². The minimum atomic E-state index is -0.546. The van der Waals surface area contributed by atoms with Crippen molar-refractivity contribution >= 4 is 36.0 Å². The molecule has 6 heteroatoms. The van der Waals surface area contributed by atoms with E-state index in [0.717, 1.165) is 6.07 Å². The number of aromatic amines is 1. The zero-order valence-electron chi connectivity index (χ0n) is 9.05. The minimum Gasteiger partial charge on any atom is -0.324 e. The molecule has 0 saturated heterocycles. The van der Waals surface area contributed by atoms with E-state index in [1.807, 2.05) is 0 Å². The molecule has 1 aromatic heterocycles. The number of fused-ring (bicyclic) bond motifs is 1. The van der Waals surface area contributed by atoms with E-state index >= 15 is 0 Å². The Morgan fingerprint density at radius 3 is 2.65 bits per heavy atom. The summed E-state index contributed by atoms with van der Waals surface area (Å²) >= 11 is 5.73. The van der Waals surface area contributed by atoms with Gasteiger partial charge in [0.05, 0.1) is 5.52 Å². The van der Waals surface area contributed by atoms with E-state index in [-0.39, 0.29) is 29.6 Å². The molecule has 1 aromatic carbocycles. The molecule has 2 rings (SSSR count). The van der Waals surface area contributed by atoms with Crippen molar-refractivity contribution in [2.75, 3.05) is 0 Å². The van der Waals surface area contributed by atoms with Crippen LogP contribution in [0, 0.1) is 5.82 Å². The van der Waals surface area contributed by atoms with Crippen LogP contribution in [-0.2, 0) is 0 Å². The van der Waals surface area contributed by atoms with Gasteiger partial charge in [-0.3, -0.25) is 4.79 Å². The Bertz CT molecular complexity index is 612. The summed E-state index contributed by atoms with van der Waals surface area (Å²) in [7, 11) is 0. The Morgan fingerprint density at radius 2 is 2.06 bits per heavy atom. The molecule has 0 bridgehead atoms. The summed E-state index contributed by atoms with van der Waals surface area (Å²) in [5.41, 5.74) is 5.83. The van der Waals surface area contributed by atoms with E-state index in [0.29, 0.717) is 10.9 Å². The van der Waals surface area contributed by atoms with Crippen LogP contribution >= 0.6 is 25.1 Å². The second kappa shape index (κ2) is 5.08. The quantitative estimate of drug-likeness (QED) is 0.839. The fourth-order valence-corrected chi connectivity index (χ4v) is 1.81. The first-order valence-electron chi connectivity index (χ1n) is 4.76. The highest BCUT2D eigenvalue weighted by Gasteiger charge is 2.10. The smallest absolute Gasteiger partial charge is 0.253 e. The van der Waals surface area contributed by atoms with Crippen LogP contribution in [0.3, 0.4) is 0 Å². The van der Waals surface area contributed by atoms with Gasteiger partial charge in [0, 0.05) is 22.0 Å². The summed E-state index contributed by atoms with van der Waals surface area (Å²) in [6, 6.07) is 3.90. The van der Waals surface area contributed by atoms with Gasteiger partial charge in [-0.05, 0) is 25.1 Å². The first-order chi connectivity index (χ1) is 7.49. The van der Waals surface area contributed by atoms with Crippen LogP contribution in [0.25, 0.3) is 10.9 Å². The lowest BCUT2D eigenvalue weighted by Gasteiger charge is -2.07. The molecule has 92 valence electrons. The second-order valence-electron chi connectivity index (χ2n) is 3.69. The van der Waals surface area contributed by atoms with Gasteiger partial charge in [-0.15, -0.1) is 0 Å². The lowest BCUT2D eigenvalue weighted by Crippen LogP contribution is -2.19. The normalized spacial score (nSPS) is 12.2. The number of H-pyrrole nitrogens is 1. The topological polar surface area (TPSA) is 58.9 Å². The summed E-state index contributed by atoms with van der Waals surface area (Å²) in [6.07, 6.45) is 0. The zero-order chi connectivity index (χ0) is 11.9. The number of aromatic nitrogens is 1. The molecule has 0 fully saturated rings. The minimum absolute atomic E-state index is 0. The predicted octanol–water partition coefficient (Wildman–Crippen LogP) is 2.45. The first-order valence-corrected chi connectivity index (χ1v) is 5.14. The molecule has 0 amide bonds. The summed E-state index contributed by atoms with van der Waals surface area (Å²) in [4.78, 5) is 14.0. The van der Waals surface area contributed by atoms with Gasteiger partial charge in [-0.1, -0.05) is 11.6 Å². The number of pyridine rings is 1. The summed E-state index contributed by atoms with van der Waals surface area (Å²) in [6.45, 7) is 1.69. The molecule has 0 aliphatic rings. The molecule has 0 spiro atoms. The van der Waals surface area contributed by atoms with Crippen molar-refractivity contribution in [1.29, 1.82) is 0 Å².